The minimum Gasteiger partial charge on any atom is -0.286 e. The fourth-order valence-corrected chi connectivity index (χ4v) is 3.40. The molecule has 3 nitrogen and oxygen atoms in total. The van der Waals surface area contributed by atoms with Gasteiger partial charge in [0.05, 0.1) is 5.75 Å². The monoisotopic (exact) mass is 390 g/mol. The van der Waals surface area contributed by atoms with E-state index in [2.05, 4.69) is 6.92 Å². The number of hydrogen-bond donors (Lipinski definition) is 1. The largest absolute Gasteiger partial charge is 0.286 e. The minimum absolute atomic E-state index is 0. The van der Waals surface area contributed by atoms with E-state index in [4.69, 9.17) is 4.55 Å². The van der Waals surface area contributed by atoms with E-state index in [9.17, 15) is 8.42 Å². The van der Waals surface area contributed by atoms with Crippen molar-refractivity contribution >= 4 is 10.1 Å². The third-order valence-electron chi connectivity index (χ3n) is 4.26. The Morgan fingerprint density at radius 2 is 0.826 bits per heavy atom. The van der Waals surface area contributed by atoms with Crippen LogP contribution in [0, 0.1) is 0 Å². The topological polar surface area (TPSA) is 54.4 Å². The number of rotatable bonds is 17. The summed E-state index contributed by atoms with van der Waals surface area (Å²) < 4.78 is 29.7. The maximum atomic E-state index is 10.5. The van der Waals surface area contributed by atoms with E-state index in [1.165, 1.54) is 83.5 Å². The second-order valence-electron chi connectivity index (χ2n) is 6.59. The zero-order valence-corrected chi connectivity index (χ0v) is 17.0. The fourth-order valence-electron chi connectivity index (χ4n) is 2.83. The molecule has 0 spiro atoms. The predicted octanol–water partition coefficient (Wildman–Crippen LogP) is 6.13. The number of hydrogen-bond acceptors (Lipinski definition) is 2. The first-order valence-corrected chi connectivity index (χ1v) is 11.1. The molecule has 0 radical (unpaired) electrons. The quantitative estimate of drug-likeness (QED) is 0.185. The molecule has 142 valence electrons. The zero-order valence-electron chi connectivity index (χ0n) is 15.0. The molecule has 0 heterocycles. The van der Waals surface area contributed by atoms with E-state index >= 15 is 0 Å². The summed E-state index contributed by atoms with van der Waals surface area (Å²) in [7, 11) is -3.74. The van der Waals surface area contributed by atoms with Crippen molar-refractivity contribution < 1.29 is 30.0 Å². The Labute approximate surface area is 155 Å². The molecule has 0 fully saturated rings. The van der Waals surface area contributed by atoms with Crippen LogP contribution in [0.15, 0.2) is 0 Å². The van der Waals surface area contributed by atoms with Crippen molar-refractivity contribution in [2.75, 3.05) is 5.75 Å². The summed E-state index contributed by atoms with van der Waals surface area (Å²) in [5.74, 6) is -0.0779. The molecule has 0 unspecified atom stereocenters. The Balaban J connectivity index is 0. The van der Waals surface area contributed by atoms with Gasteiger partial charge < -0.3 is 0 Å². The van der Waals surface area contributed by atoms with Crippen LogP contribution in [0.4, 0.5) is 0 Å². The molecule has 5 heteroatoms. The van der Waals surface area contributed by atoms with Crippen molar-refractivity contribution in [3.63, 3.8) is 0 Å². The molecular weight excluding hydrogens is 352 g/mol. The summed E-state index contributed by atoms with van der Waals surface area (Å²) >= 11 is 0. The first-order chi connectivity index (χ1) is 10.6. The van der Waals surface area contributed by atoms with Crippen LogP contribution in [0.3, 0.4) is 0 Å². The van der Waals surface area contributed by atoms with Gasteiger partial charge in [0.15, 0.2) is 0 Å². The third-order valence-corrected chi connectivity index (χ3v) is 5.06. The van der Waals surface area contributed by atoms with Crippen molar-refractivity contribution in [3.8, 4) is 0 Å². The smallest absolute Gasteiger partial charge is 0.264 e. The van der Waals surface area contributed by atoms with Crippen LogP contribution in [0.2, 0.25) is 0 Å². The molecule has 0 saturated heterocycles. The molecule has 1 N–H and O–H groups in total. The molecule has 0 aliphatic carbocycles. The van der Waals surface area contributed by atoms with Crippen LogP contribution in [-0.2, 0) is 27.2 Å². The van der Waals surface area contributed by atoms with E-state index in [1.807, 2.05) is 0 Å². The summed E-state index contributed by atoms with van der Waals surface area (Å²) in [6.07, 6.45) is 20.3. The van der Waals surface area contributed by atoms with Gasteiger partial charge in [-0.05, 0) is 6.42 Å². The van der Waals surface area contributed by atoms with Crippen LogP contribution >= 0.6 is 0 Å². The maximum absolute atomic E-state index is 10.5. The third kappa shape index (κ3) is 24.8. The first kappa shape index (κ1) is 25.7. The molecule has 0 aromatic heterocycles. The van der Waals surface area contributed by atoms with Gasteiger partial charge in [-0.2, -0.15) is 8.42 Å². The van der Waals surface area contributed by atoms with Gasteiger partial charge in [-0.3, -0.25) is 4.55 Å². The molecule has 0 amide bonds. The van der Waals surface area contributed by atoms with Crippen molar-refractivity contribution in [3.05, 3.63) is 0 Å². The van der Waals surface area contributed by atoms with Crippen LogP contribution in [0.1, 0.15) is 110 Å². The Bertz CT molecular complexity index is 318. The molecule has 0 aliphatic rings. The van der Waals surface area contributed by atoms with E-state index < -0.39 is 10.1 Å². The SMILES string of the molecule is CCCCCCCCCCCCCCCCCCS(=O)(=O)O.[Fe]. The molecular formula is C18H38FeO3S. The second-order valence-corrected chi connectivity index (χ2v) is 8.16. The summed E-state index contributed by atoms with van der Waals surface area (Å²) in [6.45, 7) is 2.26. The minimum atomic E-state index is -3.74. The Morgan fingerprint density at radius 1 is 0.565 bits per heavy atom. The van der Waals surface area contributed by atoms with Gasteiger partial charge in [-0.25, -0.2) is 0 Å². The Morgan fingerprint density at radius 3 is 1.09 bits per heavy atom. The molecule has 0 aromatic rings. The van der Waals surface area contributed by atoms with Crippen molar-refractivity contribution in [1.29, 1.82) is 0 Å². The van der Waals surface area contributed by atoms with Gasteiger partial charge >= 0.3 is 0 Å². The maximum Gasteiger partial charge on any atom is 0.264 e. The molecule has 0 saturated carbocycles. The molecule has 0 aromatic carbocycles. The van der Waals surface area contributed by atoms with E-state index in [-0.39, 0.29) is 22.8 Å². The molecule has 0 atom stereocenters. The molecule has 0 aliphatic heterocycles. The standard InChI is InChI=1S/C18H38O3S.Fe/c1-2-3-4-5-6-7-8-9-10-11-12-13-14-15-16-17-18-22(19,20)21;/h2-18H2,1H3,(H,19,20,21);. The molecule has 0 bridgehead atoms. The normalized spacial score (nSPS) is 11.4. The molecule has 0 rings (SSSR count). The zero-order chi connectivity index (χ0) is 16.5. The van der Waals surface area contributed by atoms with Crippen molar-refractivity contribution in [2.24, 2.45) is 0 Å². The van der Waals surface area contributed by atoms with Crippen LogP contribution in [0.5, 0.6) is 0 Å². The van der Waals surface area contributed by atoms with Crippen molar-refractivity contribution in [1.82, 2.24) is 0 Å². The van der Waals surface area contributed by atoms with Gasteiger partial charge in [-0.15, -0.1) is 0 Å². The summed E-state index contributed by atoms with van der Waals surface area (Å²) in [5, 5.41) is 0. The van der Waals surface area contributed by atoms with Crippen LogP contribution in [-0.4, -0.2) is 18.7 Å². The molecule has 23 heavy (non-hydrogen) atoms. The predicted molar refractivity (Wildman–Crippen MR) is 96.0 cm³/mol. The van der Waals surface area contributed by atoms with Gasteiger partial charge in [0.1, 0.15) is 0 Å². The van der Waals surface area contributed by atoms with Gasteiger partial charge in [0.2, 0.25) is 0 Å². The van der Waals surface area contributed by atoms with Gasteiger partial charge in [0, 0.05) is 17.1 Å². The van der Waals surface area contributed by atoms with Gasteiger partial charge in [-0.1, -0.05) is 103 Å². The second kappa shape index (κ2) is 18.8. The summed E-state index contributed by atoms with van der Waals surface area (Å²) in [5.41, 5.74) is 0. The van der Waals surface area contributed by atoms with Crippen LogP contribution in [0.25, 0.3) is 0 Å². The van der Waals surface area contributed by atoms with Crippen LogP contribution < -0.4 is 0 Å². The average Bonchev–Trinajstić information content (AvgIpc) is 2.45. The first-order valence-electron chi connectivity index (χ1n) is 9.51. The summed E-state index contributed by atoms with van der Waals surface area (Å²) in [4.78, 5) is 0. The summed E-state index contributed by atoms with van der Waals surface area (Å²) in [6, 6.07) is 0. The Kier molecular flexibility index (Phi) is 20.9. The number of unbranched alkanes of at least 4 members (excludes halogenated alkanes) is 15. The van der Waals surface area contributed by atoms with E-state index in [0.717, 1.165) is 12.8 Å². The van der Waals surface area contributed by atoms with E-state index in [0.29, 0.717) is 6.42 Å². The average molecular weight is 390 g/mol. The Hall–Kier alpha value is 0.429. The van der Waals surface area contributed by atoms with E-state index in [1.54, 1.807) is 0 Å². The van der Waals surface area contributed by atoms with Gasteiger partial charge in [0.25, 0.3) is 10.1 Å². The van der Waals surface area contributed by atoms with Crippen molar-refractivity contribution in [2.45, 2.75) is 110 Å². The fraction of sp³-hybridized carbons (Fsp3) is 1.00.